The number of rotatable bonds is 1. The molecule has 0 fully saturated rings. The zero-order valence-electron chi connectivity index (χ0n) is 9.31. The third-order valence-corrected chi connectivity index (χ3v) is 4.05. The summed E-state index contributed by atoms with van der Waals surface area (Å²) in [5, 5.41) is 0. The van der Waals surface area contributed by atoms with E-state index in [1.165, 1.54) is 15.6 Å². The van der Waals surface area contributed by atoms with Gasteiger partial charge in [0.2, 0.25) is 0 Å². The molecule has 3 nitrogen and oxygen atoms in total. The largest absolute Gasteiger partial charge is 0.333 e. The monoisotopic (exact) mass is 233 g/mol. The molecule has 16 heavy (non-hydrogen) atoms. The van der Waals surface area contributed by atoms with Crippen LogP contribution in [0.5, 0.6) is 0 Å². The first-order valence-corrected chi connectivity index (χ1v) is 6.42. The SMILES string of the molecule is Cc1ccc(-c2cn3c(n2)CCC(N)C3)s1. The molecule has 0 bridgehead atoms. The van der Waals surface area contributed by atoms with E-state index in [9.17, 15) is 0 Å². The molecule has 0 saturated heterocycles. The van der Waals surface area contributed by atoms with Gasteiger partial charge in [0.05, 0.1) is 10.6 Å². The van der Waals surface area contributed by atoms with E-state index in [4.69, 9.17) is 5.73 Å². The number of aryl methyl sites for hydroxylation is 2. The van der Waals surface area contributed by atoms with Crippen molar-refractivity contribution in [1.82, 2.24) is 9.55 Å². The summed E-state index contributed by atoms with van der Waals surface area (Å²) in [6, 6.07) is 4.58. The first kappa shape index (κ1) is 10.1. The van der Waals surface area contributed by atoms with E-state index in [1.807, 2.05) is 0 Å². The lowest BCUT2D eigenvalue weighted by Gasteiger charge is -2.19. The number of nitrogens with zero attached hydrogens (tertiary/aromatic N) is 2. The molecule has 0 amide bonds. The van der Waals surface area contributed by atoms with E-state index in [1.54, 1.807) is 11.3 Å². The third-order valence-electron chi connectivity index (χ3n) is 3.02. The second-order valence-corrected chi connectivity index (χ2v) is 5.69. The predicted molar refractivity (Wildman–Crippen MR) is 66.6 cm³/mol. The van der Waals surface area contributed by atoms with Gasteiger partial charge in [0.25, 0.3) is 0 Å². The van der Waals surface area contributed by atoms with Crippen molar-refractivity contribution < 1.29 is 0 Å². The summed E-state index contributed by atoms with van der Waals surface area (Å²) in [6.45, 7) is 3.03. The minimum Gasteiger partial charge on any atom is -0.333 e. The number of fused-ring (bicyclic) bond motifs is 1. The topological polar surface area (TPSA) is 43.8 Å². The maximum absolute atomic E-state index is 5.96. The van der Waals surface area contributed by atoms with Crippen molar-refractivity contribution in [3.05, 3.63) is 29.0 Å². The summed E-state index contributed by atoms with van der Waals surface area (Å²) in [5.74, 6) is 1.18. The molecule has 0 aliphatic carbocycles. The molecule has 1 aliphatic rings. The lowest BCUT2D eigenvalue weighted by atomic mass is 10.1. The van der Waals surface area contributed by atoms with Gasteiger partial charge in [-0.1, -0.05) is 0 Å². The Labute approximate surface area is 98.9 Å². The fraction of sp³-hybridized carbons (Fsp3) is 0.417. The Morgan fingerprint density at radius 2 is 2.38 bits per heavy atom. The van der Waals surface area contributed by atoms with Crippen molar-refractivity contribution in [3.8, 4) is 10.6 Å². The Hall–Kier alpha value is -1.13. The van der Waals surface area contributed by atoms with Crippen LogP contribution >= 0.6 is 11.3 Å². The molecule has 0 radical (unpaired) electrons. The molecule has 2 aromatic heterocycles. The van der Waals surface area contributed by atoms with Crippen LogP contribution < -0.4 is 5.73 Å². The van der Waals surface area contributed by atoms with E-state index >= 15 is 0 Å². The second kappa shape index (κ2) is 3.71. The summed E-state index contributed by atoms with van der Waals surface area (Å²) >= 11 is 1.80. The third kappa shape index (κ3) is 1.68. The van der Waals surface area contributed by atoms with Crippen molar-refractivity contribution >= 4 is 11.3 Å². The van der Waals surface area contributed by atoms with Crippen molar-refractivity contribution in [3.63, 3.8) is 0 Å². The zero-order valence-corrected chi connectivity index (χ0v) is 10.1. The van der Waals surface area contributed by atoms with Crippen molar-refractivity contribution in [2.24, 2.45) is 5.73 Å². The normalized spacial score (nSPS) is 19.8. The molecule has 1 aliphatic heterocycles. The van der Waals surface area contributed by atoms with Gasteiger partial charge in [-0.2, -0.15) is 0 Å². The molecule has 3 rings (SSSR count). The molecule has 2 N–H and O–H groups in total. The Balaban J connectivity index is 1.98. The number of thiophene rings is 1. The Morgan fingerprint density at radius 1 is 1.50 bits per heavy atom. The number of nitrogens with two attached hydrogens (primary N) is 1. The number of hydrogen-bond acceptors (Lipinski definition) is 3. The van der Waals surface area contributed by atoms with Crippen LogP contribution in [0.3, 0.4) is 0 Å². The highest BCUT2D eigenvalue weighted by Gasteiger charge is 2.18. The Kier molecular flexibility index (Phi) is 2.33. The van der Waals surface area contributed by atoms with Crippen LogP contribution in [-0.2, 0) is 13.0 Å². The average Bonchev–Trinajstić information content (AvgIpc) is 2.83. The van der Waals surface area contributed by atoms with Gasteiger partial charge in [0, 0.05) is 30.1 Å². The van der Waals surface area contributed by atoms with Crippen molar-refractivity contribution in [1.29, 1.82) is 0 Å². The van der Waals surface area contributed by atoms with Crippen LogP contribution in [0.15, 0.2) is 18.3 Å². The summed E-state index contributed by atoms with van der Waals surface area (Å²) in [6.07, 6.45) is 4.20. The van der Waals surface area contributed by atoms with E-state index in [0.29, 0.717) is 6.04 Å². The smallest absolute Gasteiger partial charge is 0.109 e. The van der Waals surface area contributed by atoms with Crippen molar-refractivity contribution in [2.45, 2.75) is 32.4 Å². The molecule has 84 valence electrons. The molecule has 1 atom stereocenters. The van der Waals surface area contributed by atoms with E-state index < -0.39 is 0 Å². The summed E-state index contributed by atoms with van der Waals surface area (Å²) in [7, 11) is 0. The van der Waals surface area contributed by atoms with Gasteiger partial charge in [-0.3, -0.25) is 0 Å². The van der Waals surface area contributed by atoms with Gasteiger partial charge in [0.15, 0.2) is 0 Å². The lowest BCUT2D eigenvalue weighted by Crippen LogP contribution is -2.31. The molecule has 0 spiro atoms. The summed E-state index contributed by atoms with van der Waals surface area (Å²) in [5.41, 5.74) is 7.05. The minimum atomic E-state index is 0.291. The number of imidazole rings is 1. The first-order chi connectivity index (χ1) is 7.72. The standard InChI is InChI=1S/C12H15N3S/c1-8-2-4-11(16-8)10-7-15-6-9(13)3-5-12(15)14-10/h2,4,7,9H,3,5-6,13H2,1H3. The van der Waals surface area contributed by atoms with Crippen LogP contribution in [0.2, 0.25) is 0 Å². The van der Waals surface area contributed by atoms with Gasteiger partial charge in [-0.05, 0) is 25.5 Å². The van der Waals surface area contributed by atoms with Gasteiger partial charge in [0.1, 0.15) is 5.82 Å². The zero-order chi connectivity index (χ0) is 11.1. The van der Waals surface area contributed by atoms with Crippen LogP contribution in [0.4, 0.5) is 0 Å². The molecule has 0 saturated carbocycles. The molecule has 2 aromatic rings. The second-order valence-electron chi connectivity index (χ2n) is 4.40. The Morgan fingerprint density at radius 3 is 3.12 bits per heavy atom. The fourth-order valence-corrected chi connectivity index (χ4v) is 2.98. The maximum Gasteiger partial charge on any atom is 0.109 e. The first-order valence-electron chi connectivity index (χ1n) is 5.61. The summed E-state index contributed by atoms with van der Waals surface area (Å²) < 4.78 is 2.21. The molecule has 1 unspecified atom stereocenters. The van der Waals surface area contributed by atoms with Gasteiger partial charge < -0.3 is 10.3 Å². The summed E-state index contributed by atoms with van der Waals surface area (Å²) in [4.78, 5) is 7.28. The molecule has 3 heterocycles. The lowest BCUT2D eigenvalue weighted by molar-refractivity contribution is 0.453. The fourth-order valence-electron chi connectivity index (χ4n) is 2.16. The predicted octanol–water partition coefficient (Wildman–Crippen LogP) is 2.19. The van der Waals surface area contributed by atoms with E-state index in [0.717, 1.165) is 25.1 Å². The van der Waals surface area contributed by atoms with Crippen molar-refractivity contribution in [2.75, 3.05) is 0 Å². The molecular formula is C12H15N3S. The molecule has 0 aromatic carbocycles. The van der Waals surface area contributed by atoms with Gasteiger partial charge >= 0.3 is 0 Å². The van der Waals surface area contributed by atoms with Crippen LogP contribution in [0.25, 0.3) is 10.6 Å². The maximum atomic E-state index is 5.96. The highest BCUT2D eigenvalue weighted by atomic mass is 32.1. The highest BCUT2D eigenvalue weighted by molar-refractivity contribution is 7.15. The van der Waals surface area contributed by atoms with E-state index in [2.05, 4.69) is 34.8 Å². The average molecular weight is 233 g/mol. The van der Waals surface area contributed by atoms with Gasteiger partial charge in [-0.25, -0.2) is 4.98 Å². The van der Waals surface area contributed by atoms with Crippen LogP contribution in [0, 0.1) is 6.92 Å². The van der Waals surface area contributed by atoms with Gasteiger partial charge in [-0.15, -0.1) is 11.3 Å². The van der Waals surface area contributed by atoms with Crippen LogP contribution in [-0.4, -0.2) is 15.6 Å². The van der Waals surface area contributed by atoms with Crippen LogP contribution in [0.1, 0.15) is 17.1 Å². The molecular weight excluding hydrogens is 218 g/mol. The highest BCUT2D eigenvalue weighted by Crippen LogP contribution is 2.28. The molecule has 4 heteroatoms. The van der Waals surface area contributed by atoms with E-state index in [-0.39, 0.29) is 0 Å². The number of hydrogen-bond donors (Lipinski definition) is 1. The minimum absolute atomic E-state index is 0.291. The number of aromatic nitrogens is 2. The quantitative estimate of drug-likeness (QED) is 0.820. The Bertz CT molecular complexity index is 512.